The highest BCUT2D eigenvalue weighted by Gasteiger charge is 2.48. The van der Waals surface area contributed by atoms with Gasteiger partial charge < -0.3 is 15.0 Å². The van der Waals surface area contributed by atoms with Gasteiger partial charge in [-0.2, -0.15) is 4.31 Å². The third-order valence-electron chi connectivity index (χ3n) is 5.60. The first-order valence-electron chi connectivity index (χ1n) is 10.1. The van der Waals surface area contributed by atoms with Crippen LogP contribution in [0.5, 0.6) is 0 Å². The largest absolute Gasteiger partial charge is 0.368 e. The van der Waals surface area contributed by atoms with Crippen LogP contribution in [0, 0.1) is 0 Å². The minimum atomic E-state index is -3.77. The molecule has 8 nitrogen and oxygen atoms in total. The van der Waals surface area contributed by atoms with E-state index in [9.17, 15) is 8.42 Å². The van der Waals surface area contributed by atoms with E-state index in [1.807, 2.05) is 42.3 Å². The second-order valence-electron chi connectivity index (χ2n) is 7.67. The predicted molar refractivity (Wildman–Crippen MR) is 117 cm³/mol. The lowest BCUT2D eigenvalue weighted by Gasteiger charge is -2.28. The second-order valence-corrected chi connectivity index (χ2v) is 9.51. The van der Waals surface area contributed by atoms with Crippen molar-refractivity contribution in [2.75, 3.05) is 30.4 Å². The fourth-order valence-electron chi connectivity index (χ4n) is 4.14. The summed E-state index contributed by atoms with van der Waals surface area (Å²) in [6.07, 6.45) is 0.701. The van der Waals surface area contributed by atoms with Gasteiger partial charge in [0.15, 0.2) is 6.23 Å². The minimum Gasteiger partial charge on any atom is -0.368 e. The Labute approximate surface area is 181 Å². The number of ether oxygens (including phenoxy) is 1. The van der Waals surface area contributed by atoms with E-state index in [0.29, 0.717) is 36.9 Å². The molecular weight excluding hydrogens is 414 g/mol. The molecule has 2 bridgehead atoms. The van der Waals surface area contributed by atoms with Gasteiger partial charge in [0, 0.05) is 20.1 Å². The van der Waals surface area contributed by atoms with Gasteiger partial charge in [0.25, 0.3) is 0 Å². The van der Waals surface area contributed by atoms with Crippen LogP contribution in [-0.4, -0.2) is 48.9 Å². The SMILES string of the molecule is CN(Cc1ccccc1)c1ncnc2c1[C@@H]1OC[C@H](CN2)N1S(=O)(=O)c1ccccc1. The van der Waals surface area contributed by atoms with Gasteiger partial charge in [0.05, 0.1) is 23.1 Å². The van der Waals surface area contributed by atoms with Gasteiger partial charge >= 0.3 is 0 Å². The van der Waals surface area contributed by atoms with Crippen LogP contribution in [0.2, 0.25) is 0 Å². The minimum absolute atomic E-state index is 0.245. The first-order valence-corrected chi connectivity index (χ1v) is 11.5. The summed E-state index contributed by atoms with van der Waals surface area (Å²) in [5, 5.41) is 3.31. The van der Waals surface area contributed by atoms with Crippen LogP contribution in [0.15, 0.2) is 71.9 Å². The molecule has 2 atom stereocenters. The molecule has 5 rings (SSSR count). The number of anilines is 2. The topological polar surface area (TPSA) is 87.7 Å². The average Bonchev–Trinajstić information content (AvgIpc) is 3.14. The summed E-state index contributed by atoms with van der Waals surface area (Å²) >= 11 is 0. The molecule has 1 fully saturated rings. The fraction of sp³-hybridized carbons (Fsp3) is 0.273. The number of aromatic nitrogens is 2. The molecule has 2 aliphatic rings. The molecule has 0 amide bonds. The Morgan fingerprint density at radius 2 is 1.81 bits per heavy atom. The first-order chi connectivity index (χ1) is 15.1. The number of hydrogen-bond acceptors (Lipinski definition) is 7. The van der Waals surface area contributed by atoms with E-state index in [0.717, 1.165) is 5.56 Å². The van der Waals surface area contributed by atoms with Crippen molar-refractivity contribution in [2.24, 2.45) is 0 Å². The van der Waals surface area contributed by atoms with Crippen molar-refractivity contribution >= 4 is 21.7 Å². The summed E-state index contributed by atoms with van der Waals surface area (Å²) in [5.74, 6) is 1.24. The first kappa shape index (κ1) is 19.9. The number of benzene rings is 2. The van der Waals surface area contributed by atoms with Crippen LogP contribution in [-0.2, 0) is 21.3 Å². The number of nitrogens with one attached hydrogen (secondary N) is 1. The van der Waals surface area contributed by atoms with Crippen LogP contribution in [0.4, 0.5) is 11.6 Å². The maximum Gasteiger partial charge on any atom is 0.245 e. The normalized spacial score (nSPS) is 20.5. The zero-order valence-corrected chi connectivity index (χ0v) is 17.9. The van der Waals surface area contributed by atoms with Gasteiger partial charge in [0.2, 0.25) is 10.0 Å². The molecule has 3 aromatic rings. The van der Waals surface area contributed by atoms with E-state index >= 15 is 0 Å². The lowest BCUT2D eigenvalue weighted by Crippen LogP contribution is -2.40. The fourth-order valence-corrected chi connectivity index (χ4v) is 5.83. The number of nitrogens with zero attached hydrogens (tertiary/aromatic N) is 4. The molecule has 1 N–H and O–H groups in total. The molecule has 0 radical (unpaired) electrons. The van der Waals surface area contributed by atoms with Crippen molar-refractivity contribution in [2.45, 2.75) is 23.7 Å². The van der Waals surface area contributed by atoms with E-state index in [1.54, 1.807) is 30.3 Å². The standard InChI is InChI=1S/C22H23N5O3S/c1-26(13-16-8-4-2-5-9-16)21-19-20(24-15-25-21)23-12-17-14-30-22(19)27(17)31(28,29)18-10-6-3-7-11-18/h2-11,15,17,22H,12-14H2,1H3,(H,23,24,25)/t17-,22-/m0/s1. The van der Waals surface area contributed by atoms with Crippen molar-refractivity contribution in [3.8, 4) is 0 Å². The Hall–Kier alpha value is -3.01. The molecule has 0 aliphatic carbocycles. The summed E-state index contributed by atoms with van der Waals surface area (Å²) in [6.45, 7) is 1.33. The van der Waals surface area contributed by atoms with E-state index < -0.39 is 16.3 Å². The van der Waals surface area contributed by atoms with Gasteiger partial charge in [-0.25, -0.2) is 18.4 Å². The molecule has 1 saturated heterocycles. The van der Waals surface area contributed by atoms with Crippen molar-refractivity contribution in [3.63, 3.8) is 0 Å². The number of sulfonamides is 1. The van der Waals surface area contributed by atoms with Crippen LogP contribution in [0.25, 0.3) is 0 Å². The Morgan fingerprint density at radius 1 is 1.10 bits per heavy atom. The zero-order chi connectivity index (χ0) is 21.4. The zero-order valence-electron chi connectivity index (χ0n) is 17.0. The maximum absolute atomic E-state index is 13.5. The molecule has 0 spiro atoms. The summed E-state index contributed by atoms with van der Waals surface area (Å²) in [5.41, 5.74) is 1.76. The van der Waals surface area contributed by atoms with Gasteiger partial charge in [-0.1, -0.05) is 48.5 Å². The predicted octanol–water partition coefficient (Wildman–Crippen LogP) is 2.63. The van der Waals surface area contributed by atoms with Crippen LogP contribution < -0.4 is 10.2 Å². The number of hydrogen-bond donors (Lipinski definition) is 1. The molecule has 3 heterocycles. The summed E-state index contributed by atoms with van der Waals surface area (Å²) in [6, 6.07) is 18.2. The highest BCUT2D eigenvalue weighted by atomic mass is 32.2. The number of fused-ring (bicyclic) bond motifs is 4. The highest BCUT2D eigenvalue weighted by Crippen LogP contribution is 2.43. The highest BCUT2D eigenvalue weighted by molar-refractivity contribution is 7.89. The summed E-state index contributed by atoms with van der Waals surface area (Å²) in [7, 11) is -1.84. The molecular formula is C22H23N5O3S. The van der Waals surface area contributed by atoms with E-state index in [4.69, 9.17) is 4.74 Å². The van der Waals surface area contributed by atoms with Crippen molar-refractivity contribution in [3.05, 3.63) is 78.1 Å². The van der Waals surface area contributed by atoms with E-state index in [1.165, 1.54) is 10.6 Å². The van der Waals surface area contributed by atoms with Gasteiger partial charge in [-0.15, -0.1) is 0 Å². The molecule has 160 valence electrons. The lowest BCUT2D eigenvalue weighted by atomic mass is 10.2. The van der Waals surface area contributed by atoms with Crippen molar-refractivity contribution in [1.29, 1.82) is 0 Å². The molecule has 2 aliphatic heterocycles. The van der Waals surface area contributed by atoms with Gasteiger partial charge in [-0.05, 0) is 17.7 Å². The molecule has 0 saturated carbocycles. The number of rotatable bonds is 5. The third-order valence-corrected chi connectivity index (χ3v) is 7.51. The smallest absolute Gasteiger partial charge is 0.245 e. The molecule has 31 heavy (non-hydrogen) atoms. The quantitative estimate of drug-likeness (QED) is 0.656. The van der Waals surface area contributed by atoms with Crippen molar-refractivity contribution in [1.82, 2.24) is 14.3 Å². The maximum atomic E-state index is 13.5. The average molecular weight is 438 g/mol. The van der Waals surface area contributed by atoms with Gasteiger partial charge in [-0.3, -0.25) is 0 Å². The third kappa shape index (κ3) is 3.54. The molecule has 2 aromatic carbocycles. The molecule has 1 aromatic heterocycles. The summed E-state index contributed by atoms with van der Waals surface area (Å²) in [4.78, 5) is 11.1. The van der Waals surface area contributed by atoms with E-state index in [2.05, 4.69) is 15.3 Å². The Balaban J connectivity index is 1.57. The van der Waals surface area contributed by atoms with Crippen LogP contribution >= 0.6 is 0 Å². The van der Waals surface area contributed by atoms with Gasteiger partial charge in [0.1, 0.15) is 18.0 Å². The van der Waals surface area contributed by atoms with E-state index in [-0.39, 0.29) is 10.9 Å². The van der Waals surface area contributed by atoms with Crippen LogP contribution in [0.3, 0.4) is 0 Å². The second kappa shape index (κ2) is 7.92. The summed E-state index contributed by atoms with van der Waals surface area (Å²) < 4.78 is 34.6. The molecule has 9 heteroatoms. The Bertz CT molecular complexity index is 1170. The molecule has 0 unspecified atom stereocenters. The van der Waals surface area contributed by atoms with Crippen LogP contribution in [0.1, 0.15) is 17.4 Å². The Kier molecular flexibility index (Phi) is 5.09. The van der Waals surface area contributed by atoms with Crippen molar-refractivity contribution < 1.29 is 13.2 Å². The Morgan fingerprint density at radius 3 is 2.55 bits per heavy atom. The lowest BCUT2D eigenvalue weighted by molar-refractivity contribution is 0.0688. The monoisotopic (exact) mass is 437 g/mol.